The third-order valence-corrected chi connectivity index (χ3v) is 6.88. The maximum atomic E-state index is 12.8. The Morgan fingerprint density at radius 3 is 2.54 bits per heavy atom. The highest BCUT2D eigenvalue weighted by atomic mass is 32.2. The largest absolute Gasteiger partial charge is 0.335 e. The molecule has 4 rings (SSSR count). The number of hydrogen-bond acceptors (Lipinski definition) is 5. The van der Waals surface area contributed by atoms with Crippen LogP contribution in [0.2, 0.25) is 0 Å². The molecule has 2 atom stereocenters. The number of aromatic nitrogens is 3. The first-order valence-corrected chi connectivity index (χ1v) is 10.2. The number of rotatable bonds is 3. The molecule has 2 fully saturated rings. The lowest BCUT2D eigenvalue weighted by Crippen LogP contribution is -2.50. The molecule has 8 heteroatoms. The molecule has 2 unspecified atom stereocenters. The predicted octanol–water partition coefficient (Wildman–Crippen LogP) is 0.998. The molecule has 0 radical (unpaired) electrons. The number of sulfone groups is 1. The molecule has 0 aliphatic carbocycles. The summed E-state index contributed by atoms with van der Waals surface area (Å²) in [6.45, 7) is 0.150. The number of fused-ring (bicyclic) bond motifs is 3. The van der Waals surface area contributed by atoms with E-state index in [1.165, 1.54) is 6.26 Å². The number of piperidine rings is 1. The van der Waals surface area contributed by atoms with Gasteiger partial charge in [0.05, 0.1) is 10.8 Å². The summed E-state index contributed by atoms with van der Waals surface area (Å²) < 4.78 is 25.3. The van der Waals surface area contributed by atoms with Crippen molar-refractivity contribution in [3.05, 3.63) is 24.3 Å². The van der Waals surface area contributed by atoms with Gasteiger partial charge in [-0.1, -0.05) is 17.3 Å². The summed E-state index contributed by atoms with van der Waals surface area (Å²) in [6, 6.07) is 7.61. The summed E-state index contributed by atoms with van der Waals surface area (Å²) in [5, 5.41) is 7.84. The van der Waals surface area contributed by atoms with Crippen LogP contribution in [0.4, 0.5) is 0 Å². The second-order valence-electron chi connectivity index (χ2n) is 6.84. The average Bonchev–Trinajstić information content (AvgIpc) is 3.05. The molecular formula is C16H20N4O3S. The number of nitrogens with zero attached hydrogens (tertiary/aromatic N) is 4. The minimum atomic E-state index is -3.05. The molecular weight excluding hydrogens is 328 g/mol. The zero-order valence-electron chi connectivity index (χ0n) is 13.5. The van der Waals surface area contributed by atoms with Crippen LogP contribution in [0, 0.1) is 0 Å². The Morgan fingerprint density at radius 1 is 1.21 bits per heavy atom. The van der Waals surface area contributed by atoms with Gasteiger partial charge in [-0.2, -0.15) is 0 Å². The monoisotopic (exact) mass is 348 g/mol. The minimum absolute atomic E-state index is 0.00473. The zero-order valence-corrected chi connectivity index (χ0v) is 14.3. The van der Waals surface area contributed by atoms with Gasteiger partial charge < -0.3 is 4.90 Å². The lowest BCUT2D eigenvalue weighted by molar-refractivity contribution is -0.136. The molecule has 0 spiro atoms. The first kappa shape index (κ1) is 15.6. The van der Waals surface area contributed by atoms with Crippen LogP contribution in [0.25, 0.3) is 11.0 Å². The van der Waals surface area contributed by atoms with Crippen molar-refractivity contribution < 1.29 is 13.2 Å². The fraction of sp³-hybridized carbons (Fsp3) is 0.562. The van der Waals surface area contributed by atoms with E-state index in [4.69, 9.17) is 0 Å². The minimum Gasteiger partial charge on any atom is -0.335 e. The van der Waals surface area contributed by atoms with Gasteiger partial charge in [-0.15, -0.1) is 5.10 Å². The average molecular weight is 348 g/mol. The lowest BCUT2D eigenvalue weighted by Gasteiger charge is -2.38. The third kappa shape index (κ3) is 2.58. The number of amides is 1. The summed E-state index contributed by atoms with van der Waals surface area (Å²) in [5.74, 6) is 0.00473. The third-order valence-electron chi connectivity index (χ3n) is 5.29. The first-order valence-electron chi connectivity index (χ1n) is 8.22. The van der Waals surface area contributed by atoms with Gasteiger partial charge in [0.2, 0.25) is 5.91 Å². The molecule has 0 saturated carbocycles. The number of carbonyl (C=O) groups is 1. The predicted molar refractivity (Wildman–Crippen MR) is 89.0 cm³/mol. The van der Waals surface area contributed by atoms with E-state index in [0.717, 1.165) is 23.9 Å². The van der Waals surface area contributed by atoms with Crippen LogP contribution < -0.4 is 0 Å². The Morgan fingerprint density at radius 2 is 1.88 bits per heavy atom. The number of carbonyl (C=O) groups excluding carboxylic acids is 1. The van der Waals surface area contributed by atoms with Gasteiger partial charge in [0.25, 0.3) is 0 Å². The highest BCUT2D eigenvalue weighted by molar-refractivity contribution is 7.91. The molecule has 2 aromatic rings. The Labute approximate surface area is 140 Å². The van der Waals surface area contributed by atoms with Crippen molar-refractivity contribution in [1.29, 1.82) is 0 Å². The summed E-state index contributed by atoms with van der Waals surface area (Å²) in [4.78, 5) is 14.7. The van der Waals surface area contributed by atoms with Crippen LogP contribution in [0.1, 0.15) is 25.7 Å². The van der Waals surface area contributed by atoms with Crippen molar-refractivity contribution in [2.45, 2.75) is 49.6 Å². The molecule has 0 N–H and O–H groups in total. The molecule has 2 bridgehead atoms. The molecule has 2 aliphatic heterocycles. The summed E-state index contributed by atoms with van der Waals surface area (Å²) in [6.07, 6.45) is 4.19. The van der Waals surface area contributed by atoms with Crippen LogP contribution >= 0.6 is 0 Å². The maximum Gasteiger partial charge on any atom is 0.244 e. The molecule has 128 valence electrons. The fourth-order valence-electron chi connectivity index (χ4n) is 4.13. The zero-order chi connectivity index (χ0) is 16.9. The SMILES string of the molecule is CS(=O)(=O)C1CC2CCC(C1)N2C(=O)Cn1nnc2ccccc21. The second-order valence-corrected chi connectivity index (χ2v) is 9.17. The Kier molecular flexibility index (Phi) is 3.59. The van der Waals surface area contributed by atoms with Gasteiger partial charge >= 0.3 is 0 Å². The molecule has 1 aromatic carbocycles. The molecule has 3 heterocycles. The van der Waals surface area contributed by atoms with Crippen molar-refractivity contribution in [2.75, 3.05) is 6.26 Å². The highest BCUT2D eigenvalue weighted by Gasteiger charge is 2.45. The normalized spacial score (nSPS) is 26.9. The van der Waals surface area contributed by atoms with Gasteiger partial charge in [-0.05, 0) is 37.8 Å². The lowest BCUT2D eigenvalue weighted by atomic mass is 10.0. The molecule has 1 amide bonds. The second kappa shape index (κ2) is 5.54. The van der Waals surface area contributed by atoms with E-state index in [1.54, 1.807) is 4.68 Å². The standard InChI is InChI=1S/C16H20N4O3S/c1-24(22,23)13-8-11-6-7-12(9-13)20(11)16(21)10-19-15-5-3-2-4-14(15)17-18-19/h2-5,11-13H,6-10H2,1H3. The van der Waals surface area contributed by atoms with Gasteiger partial charge in [0.15, 0.2) is 0 Å². The van der Waals surface area contributed by atoms with E-state index in [1.807, 2.05) is 29.2 Å². The quantitative estimate of drug-likeness (QED) is 0.826. The van der Waals surface area contributed by atoms with Crippen LogP contribution in [0.3, 0.4) is 0 Å². The van der Waals surface area contributed by atoms with Crippen LogP contribution in [0.5, 0.6) is 0 Å². The van der Waals surface area contributed by atoms with Crippen molar-refractivity contribution in [2.24, 2.45) is 0 Å². The van der Waals surface area contributed by atoms with Crippen LogP contribution in [-0.2, 0) is 21.2 Å². The van der Waals surface area contributed by atoms with E-state index in [-0.39, 0.29) is 29.8 Å². The number of hydrogen-bond donors (Lipinski definition) is 0. The number of para-hydroxylation sites is 1. The van der Waals surface area contributed by atoms with Gasteiger partial charge in [-0.3, -0.25) is 4.79 Å². The van der Waals surface area contributed by atoms with E-state index < -0.39 is 9.84 Å². The summed E-state index contributed by atoms with van der Waals surface area (Å²) in [5.41, 5.74) is 1.60. The highest BCUT2D eigenvalue weighted by Crippen LogP contribution is 2.38. The first-order chi connectivity index (χ1) is 11.4. The van der Waals surface area contributed by atoms with E-state index >= 15 is 0 Å². The number of benzene rings is 1. The smallest absolute Gasteiger partial charge is 0.244 e. The Hall–Kier alpha value is -1.96. The maximum absolute atomic E-state index is 12.8. The van der Waals surface area contributed by atoms with Crippen molar-refractivity contribution in [3.8, 4) is 0 Å². The van der Waals surface area contributed by atoms with Crippen LogP contribution in [-0.4, -0.2) is 57.8 Å². The Balaban J connectivity index is 1.54. The molecule has 7 nitrogen and oxygen atoms in total. The molecule has 24 heavy (non-hydrogen) atoms. The topological polar surface area (TPSA) is 85.2 Å². The molecule has 1 aromatic heterocycles. The van der Waals surface area contributed by atoms with E-state index in [0.29, 0.717) is 12.8 Å². The van der Waals surface area contributed by atoms with Gasteiger partial charge in [-0.25, -0.2) is 13.1 Å². The van der Waals surface area contributed by atoms with E-state index in [9.17, 15) is 13.2 Å². The Bertz CT molecular complexity index is 878. The fourth-order valence-corrected chi connectivity index (χ4v) is 5.27. The van der Waals surface area contributed by atoms with Crippen molar-refractivity contribution in [3.63, 3.8) is 0 Å². The molecule has 2 saturated heterocycles. The van der Waals surface area contributed by atoms with Gasteiger partial charge in [0.1, 0.15) is 21.9 Å². The summed E-state index contributed by atoms with van der Waals surface area (Å²) in [7, 11) is -3.05. The molecule has 2 aliphatic rings. The van der Waals surface area contributed by atoms with E-state index in [2.05, 4.69) is 10.3 Å². The van der Waals surface area contributed by atoms with Crippen molar-refractivity contribution in [1.82, 2.24) is 19.9 Å². The van der Waals surface area contributed by atoms with Crippen LogP contribution in [0.15, 0.2) is 24.3 Å². The summed E-state index contributed by atoms with van der Waals surface area (Å²) >= 11 is 0. The van der Waals surface area contributed by atoms with Gasteiger partial charge in [0, 0.05) is 18.3 Å². The van der Waals surface area contributed by atoms with Crippen molar-refractivity contribution >= 4 is 26.8 Å².